The SMILES string of the molecule is CCC(C)NC(=O)CN(C)C(C)CCN. The maximum absolute atomic E-state index is 11.5. The molecule has 0 aromatic heterocycles. The molecule has 0 aliphatic heterocycles. The molecule has 0 saturated heterocycles. The third-order valence-electron chi connectivity index (χ3n) is 2.75. The van der Waals surface area contributed by atoms with Crippen LogP contribution >= 0.6 is 0 Å². The highest BCUT2D eigenvalue weighted by Gasteiger charge is 2.13. The van der Waals surface area contributed by atoms with E-state index in [1.54, 1.807) is 0 Å². The molecule has 0 aliphatic carbocycles. The third kappa shape index (κ3) is 6.47. The minimum absolute atomic E-state index is 0.0933. The first-order valence-corrected chi connectivity index (χ1v) is 5.70. The van der Waals surface area contributed by atoms with Crippen LogP contribution in [0.15, 0.2) is 0 Å². The van der Waals surface area contributed by atoms with Gasteiger partial charge in [0.05, 0.1) is 6.54 Å². The predicted octanol–water partition coefficient (Wildman–Crippen LogP) is 0.570. The molecule has 2 unspecified atom stereocenters. The molecule has 3 N–H and O–H groups in total. The average Bonchev–Trinajstić information content (AvgIpc) is 2.17. The lowest BCUT2D eigenvalue weighted by Crippen LogP contribution is -2.42. The van der Waals surface area contributed by atoms with E-state index in [1.807, 2.05) is 18.9 Å². The predicted molar refractivity (Wildman–Crippen MR) is 63.7 cm³/mol. The van der Waals surface area contributed by atoms with E-state index in [1.165, 1.54) is 0 Å². The van der Waals surface area contributed by atoms with Crippen LogP contribution in [0.2, 0.25) is 0 Å². The topological polar surface area (TPSA) is 58.4 Å². The number of carbonyl (C=O) groups excluding carboxylic acids is 1. The van der Waals surface area contributed by atoms with E-state index in [4.69, 9.17) is 5.73 Å². The van der Waals surface area contributed by atoms with Gasteiger partial charge in [-0.1, -0.05) is 6.92 Å². The van der Waals surface area contributed by atoms with Crippen molar-refractivity contribution in [2.45, 2.75) is 45.7 Å². The van der Waals surface area contributed by atoms with Gasteiger partial charge in [-0.15, -0.1) is 0 Å². The number of hydrogen-bond donors (Lipinski definition) is 2. The fourth-order valence-corrected chi connectivity index (χ4v) is 1.27. The number of carbonyl (C=O) groups is 1. The molecule has 15 heavy (non-hydrogen) atoms. The highest BCUT2D eigenvalue weighted by Crippen LogP contribution is 1.99. The Kier molecular flexibility index (Phi) is 7.34. The van der Waals surface area contributed by atoms with Gasteiger partial charge in [-0.05, 0) is 40.3 Å². The van der Waals surface area contributed by atoms with Gasteiger partial charge in [-0.3, -0.25) is 9.69 Å². The molecule has 0 saturated carbocycles. The molecule has 0 spiro atoms. The van der Waals surface area contributed by atoms with Crippen LogP contribution < -0.4 is 11.1 Å². The van der Waals surface area contributed by atoms with E-state index < -0.39 is 0 Å². The molecule has 4 heteroatoms. The van der Waals surface area contributed by atoms with Gasteiger partial charge < -0.3 is 11.1 Å². The van der Waals surface area contributed by atoms with Crippen LogP contribution in [0.1, 0.15) is 33.6 Å². The Morgan fingerprint density at radius 2 is 2.07 bits per heavy atom. The summed E-state index contributed by atoms with van der Waals surface area (Å²) in [5.74, 6) is 0.0933. The average molecular weight is 215 g/mol. The maximum atomic E-state index is 11.5. The van der Waals surface area contributed by atoms with Crippen LogP contribution in [0.25, 0.3) is 0 Å². The number of nitrogens with zero attached hydrogens (tertiary/aromatic N) is 1. The second-order valence-electron chi connectivity index (χ2n) is 4.22. The van der Waals surface area contributed by atoms with Gasteiger partial charge >= 0.3 is 0 Å². The third-order valence-corrected chi connectivity index (χ3v) is 2.75. The van der Waals surface area contributed by atoms with Crippen molar-refractivity contribution in [3.8, 4) is 0 Å². The van der Waals surface area contributed by atoms with Crippen LogP contribution in [0, 0.1) is 0 Å². The summed E-state index contributed by atoms with van der Waals surface area (Å²) < 4.78 is 0. The highest BCUT2D eigenvalue weighted by molar-refractivity contribution is 5.78. The largest absolute Gasteiger partial charge is 0.353 e. The smallest absolute Gasteiger partial charge is 0.234 e. The molecular formula is C11H25N3O. The van der Waals surface area contributed by atoms with Crippen molar-refractivity contribution >= 4 is 5.91 Å². The number of nitrogens with two attached hydrogens (primary N) is 1. The lowest BCUT2D eigenvalue weighted by atomic mass is 10.2. The van der Waals surface area contributed by atoms with Crippen molar-refractivity contribution in [3.05, 3.63) is 0 Å². The Hall–Kier alpha value is -0.610. The van der Waals surface area contributed by atoms with Gasteiger partial charge in [0.15, 0.2) is 0 Å². The fourth-order valence-electron chi connectivity index (χ4n) is 1.27. The molecule has 0 bridgehead atoms. The summed E-state index contributed by atoms with van der Waals surface area (Å²) in [6.45, 7) is 7.28. The molecule has 4 nitrogen and oxygen atoms in total. The number of amides is 1. The second kappa shape index (κ2) is 7.65. The van der Waals surface area contributed by atoms with Crippen LogP contribution in [0.5, 0.6) is 0 Å². The number of nitrogens with one attached hydrogen (secondary N) is 1. The number of hydrogen-bond acceptors (Lipinski definition) is 3. The van der Waals surface area contributed by atoms with Crippen LogP contribution in [-0.4, -0.2) is 43.0 Å². The summed E-state index contributed by atoms with van der Waals surface area (Å²) in [6, 6.07) is 0.619. The Balaban J connectivity index is 3.84. The van der Waals surface area contributed by atoms with E-state index in [-0.39, 0.29) is 11.9 Å². The zero-order chi connectivity index (χ0) is 11.8. The second-order valence-corrected chi connectivity index (χ2v) is 4.22. The van der Waals surface area contributed by atoms with Crippen molar-refractivity contribution < 1.29 is 4.79 Å². The van der Waals surface area contributed by atoms with E-state index in [0.717, 1.165) is 12.8 Å². The minimum Gasteiger partial charge on any atom is -0.353 e. The van der Waals surface area contributed by atoms with Gasteiger partial charge in [0.1, 0.15) is 0 Å². The molecule has 0 heterocycles. The Morgan fingerprint density at radius 3 is 2.53 bits per heavy atom. The normalized spacial score (nSPS) is 15.1. The standard InChI is InChI=1S/C11H25N3O/c1-5-9(2)13-11(15)8-14(4)10(3)6-7-12/h9-10H,5-8,12H2,1-4H3,(H,13,15). The van der Waals surface area contributed by atoms with Crippen molar-refractivity contribution in [1.29, 1.82) is 0 Å². The molecule has 0 rings (SSSR count). The Bertz CT molecular complexity index is 185. The fraction of sp³-hybridized carbons (Fsp3) is 0.909. The molecule has 1 amide bonds. The van der Waals surface area contributed by atoms with Crippen molar-refractivity contribution in [3.63, 3.8) is 0 Å². The van der Waals surface area contributed by atoms with E-state index in [0.29, 0.717) is 19.1 Å². The van der Waals surface area contributed by atoms with Crippen molar-refractivity contribution in [1.82, 2.24) is 10.2 Å². The van der Waals surface area contributed by atoms with Gasteiger partial charge in [0, 0.05) is 12.1 Å². The van der Waals surface area contributed by atoms with Gasteiger partial charge in [0.2, 0.25) is 5.91 Å². The van der Waals surface area contributed by atoms with E-state index >= 15 is 0 Å². The summed E-state index contributed by atoms with van der Waals surface area (Å²) in [5, 5.41) is 2.95. The van der Waals surface area contributed by atoms with Gasteiger partial charge in [-0.25, -0.2) is 0 Å². The Morgan fingerprint density at radius 1 is 1.47 bits per heavy atom. The molecular weight excluding hydrogens is 190 g/mol. The Labute approximate surface area is 93.2 Å². The summed E-state index contributed by atoms with van der Waals surface area (Å²) in [5.41, 5.74) is 5.47. The molecule has 2 atom stereocenters. The first kappa shape index (κ1) is 14.4. The van der Waals surface area contributed by atoms with Crippen LogP contribution in [-0.2, 0) is 4.79 Å². The van der Waals surface area contributed by atoms with Crippen LogP contribution in [0.4, 0.5) is 0 Å². The zero-order valence-corrected chi connectivity index (χ0v) is 10.4. The van der Waals surface area contributed by atoms with Gasteiger partial charge in [0.25, 0.3) is 0 Å². The maximum Gasteiger partial charge on any atom is 0.234 e. The first-order valence-electron chi connectivity index (χ1n) is 5.70. The van der Waals surface area contributed by atoms with Crippen molar-refractivity contribution in [2.24, 2.45) is 5.73 Å². The minimum atomic E-state index is 0.0933. The number of likely N-dealkylation sites (N-methyl/N-ethyl adjacent to an activating group) is 1. The van der Waals surface area contributed by atoms with E-state index in [2.05, 4.69) is 19.2 Å². The summed E-state index contributed by atoms with van der Waals surface area (Å²) >= 11 is 0. The lowest BCUT2D eigenvalue weighted by molar-refractivity contribution is -0.123. The summed E-state index contributed by atoms with van der Waals surface area (Å²) in [7, 11) is 1.95. The molecule has 0 aromatic carbocycles. The van der Waals surface area contributed by atoms with Crippen LogP contribution in [0.3, 0.4) is 0 Å². The monoisotopic (exact) mass is 215 g/mol. The quantitative estimate of drug-likeness (QED) is 0.653. The first-order chi connectivity index (χ1) is 7.01. The number of rotatable bonds is 7. The van der Waals surface area contributed by atoms with E-state index in [9.17, 15) is 4.79 Å². The molecule has 0 aliphatic rings. The lowest BCUT2D eigenvalue weighted by Gasteiger charge is -2.24. The van der Waals surface area contributed by atoms with Crippen molar-refractivity contribution in [2.75, 3.05) is 20.1 Å². The van der Waals surface area contributed by atoms with Gasteiger partial charge in [-0.2, -0.15) is 0 Å². The molecule has 90 valence electrons. The molecule has 0 aromatic rings. The summed E-state index contributed by atoms with van der Waals surface area (Å²) in [4.78, 5) is 13.6. The highest BCUT2D eigenvalue weighted by atomic mass is 16.2. The molecule has 0 radical (unpaired) electrons. The summed E-state index contributed by atoms with van der Waals surface area (Å²) in [6.07, 6.45) is 1.89. The zero-order valence-electron chi connectivity index (χ0n) is 10.4. The molecule has 0 fully saturated rings.